The zero-order valence-electron chi connectivity index (χ0n) is 9.61. The summed E-state index contributed by atoms with van der Waals surface area (Å²) in [7, 11) is 0. The van der Waals surface area contributed by atoms with E-state index in [0.717, 1.165) is 16.0 Å². The first-order valence-corrected chi connectivity index (χ1v) is 7.01. The lowest BCUT2D eigenvalue weighted by atomic mass is 10.1. The average molecular weight is 308 g/mol. The van der Waals surface area contributed by atoms with Crippen LogP contribution in [0.3, 0.4) is 0 Å². The van der Waals surface area contributed by atoms with E-state index >= 15 is 0 Å². The van der Waals surface area contributed by atoms with Crippen molar-refractivity contribution in [2.24, 2.45) is 5.73 Å². The second-order valence-corrected chi connectivity index (χ2v) is 5.37. The normalized spacial score (nSPS) is 15.0. The molecule has 2 unspecified atom stereocenters. The zero-order valence-corrected chi connectivity index (χ0v) is 12.0. The minimum Gasteiger partial charge on any atom is -0.379 e. The Kier molecular flexibility index (Phi) is 6.53. The molecule has 2 atom stereocenters. The summed E-state index contributed by atoms with van der Waals surface area (Å²) in [4.78, 5) is 1.15. The van der Waals surface area contributed by atoms with Crippen molar-refractivity contribution in [1.82, 2.24) is 0 Å². The van der Waals surface area contributed by atoms with Gasteiger partial charge in [-0.1, -0.05) is 0 Å². The molecule has 0 amide bonds. The summed E-state index contributed by atoms with van der Waals surface area (Å²) in [6.07, 6.45) is -0.0447. The van der Waals surface area contributed by atoms with Crippen LogP contribution in [0.15, 0.2) is 15.9 Å². The van der Waals surface area contributed by atoms with E-state index in [-0.39, 0.29) is 12.1 Å². The van der Waals surface area contributed by atoms with Crippen LogP contribution in [0.2, 0.25) is 0 Å². The fraction of sp³-hybridized carbons (Fsp3) is 0.636. The minimum absolute atomic E-state index is 0.0211. The Labute approximate surface area is 109 Å². The second kappa shape index (κ2) is 7.40. The number of halogens is 1. The molecule has 0 radical (unpaired) electrons. The smallest absolute Gasteiger partial charge is 0.107 e. The standard InChI is InChI=1S/C11H18BrNO2S/c1-3-14-4-5-15-11(8(2)13)10-6-9(12)7-16-10/h6-8,11H,3-5,13H2,1-2H3. The van der Waals surface area contributed by atoms with E-state index in [9.17, 15) is 0 Å². The highest BCUT2D eigenvalue weighted by molar-refractivity contribution is 9.10. The maximum Gasteiger partial charge on any atom is 0.107 e. The number of thiophene rings is 1. The Morgan fingerprint density at radius 2 is 2.25 bits per heavy atom. The lowest BCUT2D eigenvalue weighted by Gasteiger charge is -2.20. The predicted octanol–water partition coefficient (Wildman–Crippen LogP) is 2.95. The van der Waals surface area contributed by atoms with E-state index < -0.39 is 0 Å². The molecular formula is C11H18BrNO2S. The van der Waals surface area contributed by atoms with Crippen LogP contribution in [0, 0.1) is 0 Å². The lowest BCUT2D eigenvalue weighted by Crippen LogP contribution is -2.27. The summed E-state index contributed by atoms with van der Waals surface area (Å²) in [5.74, 6) is 0. The van der Waals surface area contributed by atoms with Crippen LogP contribution in [-0.2, 0) is 9.47 Å². The summed E-state index contributed by atoms with van der Waals surface area (Å²) >= 11 is 5.09. The molecule has 1 heterocycles. The number of rotatable bonds is 7. The molecule has 5 heteroatoms. The van der Waals surface area contributed by atoms with Crippen LogP contribution >= 0.6 is 27.3 Å². The van der Waals surface area contributed by atoms with Crippen LogP contribution in [0.25, 0.3) is 0 Å². The lowest BCUT2D eigenvalue weighted by molar-refractivity contribution is -0.000828. The highest BCUT2D eigenvalue weighted by atomic mass is 79.9. The molecule has 0 aromatic carbocycles. The van der Waals surface area contributed by atoms with Gasteiger partial charge >= 0.3 is 0 Å². The summed E-state index contributed by atoms with van der Waals surface area (Å²) in [5.41, 5.74) is 5.92. The average Bonchev–Trinajstić information content (AvgIpc) is 2.64. The van der Waals surface area contributed by atoms with Gasteiger partial charge in [0, 0.05) is 27.4 Å². The van der Waals surface area contributed by atoms with Gasteiger partial charge in [0.15, 0.2) is 0 Å². The first kappa shape index (κ1) is 14.1. The number of hydrogen-bond donors (Lipinski definition) is 1. The van der Waals surface area contributed by atoms with Gasteiger partial charge in [-0.2, -0.15) is 0 Å². The van der Waals surface area contributed by atoms with Crippen molar-refractivity contribution < 1.29 is 9.47 Å². The molecular weight excluding hydrogens is 290 g/mol. The minimum atomic E-state index is -0.0447. The summed E-state index contributed by atoms with van der Waals surface area (Å²) < 4.78 is 12.1. The van der Waals surface area contributed by atoms with Crippen molar-refractivity contribution >= 4 is 27.3 Å². The Balaban J connectivity index is 2.48. The van der Waals surface area contributed by atoms with Gasteiger partial charge in [-0.25, -0.2) is 0 Å². The highest BCUT2D eigenvalue weighted by Crippen LogP contribution is 2.29. The molecule has 0 aliphatic carbocycles. The van der Waals surface area contributed by atoms with Crippen molar-refractivity contribution in [2.45, 2.75) is 26.0 Å². The van der Waals surface area contributed by atoms with Crippen molar-refractivity contribution in [3.05, 3.63) is 20.8 Å². The van der Waals surface area contributed by atoms with Gasteiger partial charge in [0.1, 0.15) is 6.10 Å². The first-order valence-electron chi connectivity index (χ1n) is 5.34. The molecule has 0 spiro atoms. The molecule has 0 saturated carbocycles. The number of nitrogens with two attached hydrogens (primary N) is 1. The first-order chi connectivity index (χ1) is 7.65. The monoisotopic (exact) mass is 307 g/mol. The van der Waals surface area contributed by atoms with E-state index in [2.05, 4.69) is 22.0 Å². The van der Waals surface area contributed by atoms with Gasteiger partial charge in [0.25, 0.3) is 0 Å². The molecule has 0 saturated heterocycles. The van der Waals surface area contributed by atoms with E-state index in [4.69, 9.17) is 15.2 Å². The maximum absolute atomic E-state index is 5.92. The topological polar surface area (TPSA) is 44.5 Å². The second-order valence-electron chi connectivity index (χ2n) is 3.51. The fourth-order valence-electron chi connectivity index (χ4n) is 1.35. The summed E-state index contributed by atoms with van der Waals surface area (Å²) in [5, 5.41) is 2.04. The van der Waals surface area contributed by atoms with Crippen molar-refractivity contribution in [1.29, 1.82) is 0 Å². The van der Waals surface area contributed by atoms with E-state index in [1.54, 1.807) is 11.3 Å². The van der Waals surface area contributed by atoms with Crippen LogP contribution in [0.5, 0.6) is 0 Å². The van der Waals surface area contributed by atoms with Crippen LogP contribution < -0.4 is 5.73 Å². The van der Waals surface area contributed by atoms with Crippen LogP contribution in [0.4, 0.5) is 0 Å². The van der Waals surface area contributed by atoms with Crippen LogP contribution in [-0.4, -0.2) is 25.9 Å². The third-order valence-corrected chi connectivity index (χ3v) is 3.83. The maximum atomic E-state index is 5.92. The molecule has 2 N–H and O–H groups in total. The van der Waals surface area contributed by atoms with Gasteiger partial charge in [-0.15, -0.1) is 11.3 Å². The summed E-state index contributed by atoms with van der Waals surface area (Å²) in [6.45, 7) is 5.84. The third kappa shape index (κ3) is 4.51. The molecule has 0 aliphatic heterocycles. The largest absolute Gasteiger partial charge is 0.379 e. The molecule has 1 rings (SSSR count). The number of ether oxygens (including phenoxy) is 2. The van der Waals surface area contributed by atoms with Gasteiger partial charge in [-0.05, 0) is 35.8 Å². The number of hydrogen-bond acceptors (Lipinski definition) is 4. The van der Waals surface area contributed by atoms with Gasteiger partial charge in [-0.3, -0.25) is 0 Å². The molecule has 3 nitrogen and oxygen atoms in total. The molecule has 1 aromatic heterocycles. The van der Waals surface area contributed by atoms with E-state index in [0.29, 0.717) is 13.2 Å². The quantitative estimate of drug-likeness (QED) is 0.788. The Hall–Kier alpha value is 0.0600. The van der Waals surface area contributed by atoms with Crippen molar-refractivity contribution in [3.8, 4) is 0 Å². The highest BCUT2D eigenvalue weighted by Gasteiger charge is 2.18. The molecule has 0 bridgehead atoms. The molecule has 92 valence electrons. The van der Waals surface area contributed by atoms with E-state index in [1.165, 1.54) is 0 Å². The van der Waals surface area contributed by atoms with Gasteiger partial charge < -0.3 is 15.2 Å². The predicted molar refractivity (Wildman–Crippen MR) is 70.9 cm³/mol. The Morgan fingerprint density at radius 1 is 1.50 bits per heavy atom. The SMILES string of the molecule is CCOCCOC(c1cc(Br)cs1)C(C)N. The van der Waals surface area contributed by atoms with Crippen LogP contribution in [0.1, 0.15) is 24.8 Å². The summed E-state index contributed by atoms with van der Waals surface area (Å²) in [6, 6.07) is 2.03. The third-order valence-electron chi connectivity index (χ3n) is 2.07. The van der Waals surface area contributed by atoms with Gasteiger partial charge in [0.2, 0.25) is 0 Å². The molecule has 0 fully saturated rings. The Morgan fingerprint density at radius 3 is 2.75 bits per heavy atom. The van der Waals surface area contributed by atoms with Gasteiger partial charge in [0.05, 0.1) is 13.2 Å². The van der Waals surface area contributed by atoms with Crippen molar-refractivity contribution in [2.75, 3.05) is 19.8 Å². The zero-order chi connectivity index (χ0) is 12.0. The molecule has 0 aliphatic rings. The molecule has 1 aromatic rings. The molecule has 16 heavy (non-hydrogen) atoms. The fourth-order valence-corrected chi connectivity index (χ4v) is 2.96. The van der Waals surface area contributed by atoms with Crippen molar-refractivity contribution in [3.63, 3.8) is 0 Å². The Bertz CT molecular complexity index is 304. The van der Waals surface area contributed by atoms with E-state index in [1.807, 2.05) is 19.2 Å².